The normalized spacial score (nSPS) is 12.8. The Morgan fingerprint density at radius 3 is 2.54 bits per heavy atom. The van der Waals surface area contributed by atoms with E-state index in [0.717, 1.165) is 5.25 Å². The first-order chi connectivity index (χ1) is 6.27. The summed E-state index contributed by atoms with van der Waals surface area (Å²) in [4.78, 5) is 0. The second-order valence-corrected chi connectivity index (χ2v) is 4.53. The first-order valence-electron chi connectivity index (χ1n) is 4.85. The van der Waals surface area contributed by atoms with Crippen LogP contribution in [0.1, 0.15) is 24.5 Å². The van der Waals surface area contributed by atoms with Crippen molar-refractivity contribution in [3.63, 3.8) is 0 Å². The molecule has 0 bridgehead atoms. The van der Waals surface area contributed by atoms with E-state index in [-0.39, 0.29) is 0 Å². The predicted octanol–water partition coefficient (Wildman–Crippen LogP) is 3.68. The van der Waals surface area contributed by atoms with Crippen molar-refractivity contribution >= 4 is 11.8 Å². The van der Waals surface area contributed by atoms with E-state index in [4.69, 9.17) is 0 Å². The molecule has 1 aromatic carbocycles. The van der Waals surface area contributed by atoms with Crippen molar-refractivity contribution < 1.29 is 0 Å². The van der Waals surface area contributed by atoms with Gasteiger partial charge in [0.05, 0.1) is 0 Å². The SMILES string of the molecule is CCC(Cc1ccccc1C)SC. The average molecular weight is 194 g/mol. The summed E-state index contributed by atoms with van der Waals surface area (Å²) >= 11 is 1.97. The summed E-state index contributed by atoms with van der Waals surface area (Å²) in [6.07, 6.45) is 4.67. The molecule has 0 radical (unpaired) electrons. The molecule has 1 aromatic rings. The van der Waals surface area contributed by atoms with E-state index in [0.29, 0.717) is 0 Å². The van der Waals surface area contributed by atoms with Crippen LogP contribution in [0.2, 0.25) is 0 Å². The maximum atomic E-state index is 2.26. The molecule has 0 heterocycles. The van der Waals surface area contributed by atoms with Crippen molar-refractivity contribution in [2.45, 2.75) is 31.9 Å². The highest BCUT2D eigenvalue weighted by Gasteiger charge is 2.06. The van der Waals surface area contributed by atoms with E-state index in [1.165, 1.54) is 24.0 Å². The fourth-order valence-corrected chi connectivity index (χ4v) is 2.16. The molecule has 72 valence electrons. The largest absolute Gasteiger partial charge is 0.162 e. The molecule has 13 heavy (non-hydrogen) atoms. The fraction of sp³-hybridized carbons (Fsp3) is 0.500. The summed E-state index contributed by atoms with van der Waals surface area (Å²) in [5.41, 5.74) is 2.93. The third-order valence-corrected chi connectivity index (χ3v) is 3.66. The van der Waals surface area contributed by atoms with Gasteiger partial charge < -0.3 is 0 Å². The Bertz CT molecular complexity index is 251. The first-order valence-corrected chi connectivity index (χ1v) is 6.14. The monoisotopic (exact) mass is 194 g/mol. The number of hydrogen-bond acceptors (Lipinski definition) is 1. The van der Waals surface area contributed by atoms with Gasteiger partial charge in [-0.05, 0) is 37.1 Å². The maximum absolute atomic E-state index is 2.26. The molecule has 0 N–H and O–H groups in total. The van der Waals surface area contributed by atoms with Gasteiger partial charge in [0.1, 0.15) is 0 Å². The van der Waals surface area contributed by atoms with Crippen LogP contribution in [0.4, 0.5) is 0 Å². The Morgan fingerprint density at radius 2 is 2.00 bits per heavy atom. The molecule has 1 atom stereocenters. The summed E-state index contributed by atoms with van der Waals surface area (Å²) < 4.78 is 0. The molecule has 0 nitrogen and oxygen atoms in total. The Balaban J connectivity index is 2.67. The fourth-order valence-electron chi connectivity index (χ4n) is 1.48. The molecular weight excluding hydrogens is 176 g/mol. The van der Waals surface area contributed by atoms with Crippen LogP contribution in [0.25, 0.3) is 0 Å². The van der Waals surface area contributed by atoms with Gasteiger partial charge >= 0.3 is 0 Å². The van der Waals surface area contributed by atoms with Gasteiger partial charge in [0.2, 0.25) is 0 Å². The van der Waals surface area contributed by atoms with E-state index in [1.54, 1.807) is 0 Å². The lowest BCUT2D eigenvalue weighted by atomic mass is 10.0. The van der Waals surface area contributed by atoms with Crippen LogP contribution in [-0.4, -0.2) is 11.5 Å². The van der Waals surface area contributed by atoms with Gasteiger partial charge in [0.25, 0.3) is 0 Å². The number of rotatable bonds is 4. The van der Waals surface area contributed by atoms with Gasteiger partial charge in [-0.2, -0.15) is 11.8 Å². The lowest BCUT2D eigenvalue weighted by molar-refractivity contribution is 0.814. The van der Waals surface area contributed by atoms with E-state index < -0.39 is 0 Å². The molecule has 0 aliphatic carbocycles. The van der Waals surface area contributed by atoms with Crippen LogP contribution >= 0.6 is 11.8 Å². The zero-order valence-electron chi connectivity index (χ0n) is 8.71. The van der Waals surface area contributed by atoms with E-state index >= 15 is 0 Å². The van der Waals surface area contributed by atoms with E-state index in [1.807, 2.05) is 11.8 Å². The minimum Gasteiger partial charge on any atom is -0.162 e. The van der Waals surface area contributed by atoms with Crippen LogP contribution in [0.3, 0.4) is 0 Å². The Morgan fingerprint density at radius 1 is 1.31 bits per heavy atom. The van der Waals surface area contributed by atoms with Gasteiger partial charge in [-0.3, -0.25) is 0 Å². The minimum absolute atomic E-state index is 0.779. The molecule has 1 unspecified atom stereocenters. The minimum atomic E-state index is 0.779. The molecule has 0 aliphatic rings. The Hall–Kier alpha value is -0.430. The van der Waals surface area contributed by atoms with Crippen molar-refractivity contribution in [1.29, 1.82) is 0 Å². The lowest BCUT2D eigenvalue weighted by Gasteiger charge is -2.13. The molecule has 0 saturated heterocycles. The zero-order chi connectivity index (χ0) is 9.68. The molecule has 1 rings (SSSR count). The summed E-state index contributed by atoms with van der Waals surface area (Å²) in [5, 5.41) is 0.779. The topological polar surface area (TPSA) is 0 Å². The van der Waals surface area contributed by atoms with Crippen molar-refractivity contribution in [2.24, 2.45) is 0 Å². The molecule has 0 aliphatic heterocycles. The van der Waals surface area contributed by atoms with Crippen molar-refractivity contribution in [1.82, 2.24) is 0 Å². The highest BCUT2D eigenvalue weighted by molar-refractivity contribution is 7.99. The Labute approximate surface area is 85.7 Å². The van der Waals surface area contributed by atoms with Crippen LogP contribution < -0.4 is 0 Å². The molecule has 0 amide bonds. The van der Waals surface area contributed by atoms with Crippen LogP contribution in [0.5, 0.6) is 0 Å². The second-order valence-electron chi connectivity index (χ2n) is 3.40. The Kier molecular flexibility index (Phi) is 4.37. The summed E-state index contributed by atoms with van der Waals surface area (Å²) in [6.45, 7) is 4.46. The first kappa shape index (κ1) is 10.6. The number of benzene rings is 1. The molecule has 1 heteroatoms. The molecule has 0 aromatic heterocycles. The second kappa shape index (κ2) is 5.33. The maximum Gasteiger partial charge on any atom is 0.00821 e. The molecular formula is C12H18S. The van der Waals surface area contributed by atoms with Gasteiger partial charge in [-0.1, -0.05) is 31.2 Å². The highest BCUT2D eigenvalue weighted by Crippen LogP contribution is 2.18. The standard InChI is InChI=1S/C12H18S/c1-4-12(13-3)9-11-8-6-5-7-10(11)2/h5-8,12H,4,9H2,1-3H3. The van der Waals surface area contributed by atoms with Crippen LogP contribution in [-0.2, 0) is 6.42 Å². The smallest absolute Gasteiger partial charge is 0.00821 e. The van der Waals surface area contributed by atoms with Gasteiger partial charge in [-0.15, -0.1) is 0 Å². The van der Waals surface area contributed by atoms with Crippen molar-refractivity contribution in [3.05, 3.63) is 35.4 Å². The third-order valence-electron chi connectivity index (χ3n) is 2.50. The van der Waals surface area contributed by atoms with E-state index in [2.05, 4.69) is 44.4 Å². The quantitative estimate of drug-likeness (QED) is 0.704. The third kappa shape index (κ3) is 3.07. The number of aryl methyl sites for hydroxylation is 1. The molecule has 0 fully saturated rings. The lowest BCUT2D eigenvalue weighted by Crippen LogP contribution is -2.05. The van der Waals surface area contributed by atoms with E-state index in [9.17, 15) is 0 Å². The highest BCUT2D eigenvalue weighted by atomic mass is 32.2. The molecule has 0 saturated carbocycles. The summed E-state index contributed by atoms with van der Waals surface area (Å²) in [7, 11) is 0. The van der Waals surface area contributed by atoms with Gasteiger partial charge in [0, 0.05) is 5.25 Å². The van der Waals surface area contributed by atoms with Crippen molar-refractivity contribution in [2.75, 3.05) is 6.26 Å². The molecule has 0 spiro atoms. The van der Waals surface area contributed by atoms with Gasteiger partial charge in [-0.25, -0.2) is 0 Å². The summed E-state index contributed by atoms with van der Waals surface area (Å²) in [5.74, 6) is 0. The van der Waals surface area contributed by atoms with Crippen LogP contribution in [0.15, 0.2) is 24.3 Å². The zero-order valence-corrected chi connectivity index (χ0v) is 9.53. The number of thioether (sulfide) groups is 1. The summed E-state index contributed by atoms with van der Waals surface area (Å²) in [6, 6.07) is 8.69. The average Bonchev–Trinajstić information content (AvgIpc) is 2.17. The van der Waals surface area contributed by atoms with Crippen LogP contribution in [0, 0.1) is 6.92 Å². The van der Waals surface area contributed by atoms with Gasteiger partial charge in [0.15, 0.2) is 0 Å². The predicted molar refractivity (Wildman–Crippen MR) is 62.5 cm³/mol. The number of hydrogen-bond donors (Lipinski definition) is 0. The van der Waals surface area contributed by atoms with Crippen molar-refractivity contribution in [3.8, 4) is 0 Å².